The Morgan fingerprint density at radius 2 is 1.69 bits per heavy atom. The zero-order valence-corrected chi connectivity index (χ0v) is 15.0. The van der Waals surface area contributed by atoms with E-state index in [1.54, 1.807) is 49.4 Å². The smallest absolute Gasteiger partial charge is 0.313 e. The molecule has 3 N–H and O–H groups in total. The fraction of sp³-hybridized carbons (Fsp3) is 0.167. The van der Waals surface area contributed by atoms with Gasteiger partial charge < -0.3 is 20.7 Å². The highest BCUT2D eigenvalue weighted by Gasteiger charge is 2.15. The van der Waals surface area contributed by atoms with Gasteiger partial charge in [-0.05, 0) is 55.0 Å². The van der Waals surface area contributed by atoms with Crippen LogP contribution in [-0.2, 0) is 14.4 Å². The van der Waals surface area contributed by atoms with Crippen molar-refractivity contribution < 1.29 is 19.1 Å². The van der Waals surface area contributed by atoms with Crippen molar-refractivity contribution >= 4 is 40.7 Å². The second-order valence-electron chi connectivity index (χ2n) is 5.37. The lowest BCUT2D eigenvalue weighted by Gasteiger charge is -2.10. The first-order chi connectivity index (χ1) is 12.4. The van der Waals surface area contributed by atoms with Gasteiger partial charge >= 0.3 is 11.8 Å². The third kappa shape index (κ3) is 5.49. The molecule has 0 heterocycles. The summed E-state index contributed by atoms with van der Waals surface area (Å²) in [6.07, 6.45) is 0. The topological polar surface area (TPSA) is 96.5 Å². The standard InChI is InChI=1S/C18H18ClN3O4/c1-11-9-12(19)3-8-15(11)22-16(23)10-20-17(24)18(25)21-13-4-6-14(26-2)7-5-13/h3-9H,10H2,1-2H3,(H,20,24)(H,21,25)(H,22,23). The van der Waals surface area contributed by atoms with E-state index in [1.165, 1.54) is 7.11 Å². The van der Waals surface area contributed by atoms with Gasteiger partial charge in [-0.25, -0.2) is 0 Å². The van der Waals surface area contributed by atoms with Crippen molar-refractivity contribution in [2.24, 2.45) is 0 Å². The molecule has 0 atom stereocenters. The second-order valence-corrected chi connectivity index (χ2v) is 5.81. The molecule has 0 spiro atoms. The summed E-state index contributed by atoms with van der Waals surface area (Å²) in [5.74, 6) is -1.61. The van der Waals surface area contributed by atoms with Gasteiger partial charge in [-0.15, -0.1) is 0 Å². The summed E-state index contributed by atoms with van der Waals surface area (Å²) in [4.78, 5) is 35.5. The highest BCUT2D eigenvalue weighted by Crippen LogP contribution is 2.19. The Morgan fingerprint density at radius 1 is 1.00 bits per heavy atom. The maximum Gasteiger partial charge on any atom is 0.313 e. The van der Waals surface area contributed by atoms with Gasteiger partial charge in [-0.1, -0.05) is 11.6 Å². The highest BCUT2D eigenvalue weighted by atomic mass is 35.5. The number of benzene rings is 2. The molecule has 0 bridgehead atoms. The number of rotatable bonds is 5. The molecule has 0 aliphatic rings. The van der Waals surface area contributed by atoms with E-state index < -0.39 is 17.7 Å². The molecule has 2 aromatic rings. The van der Waals surface area contributed by atoms with Crippen molar-refractivity contribution in [2.45, 2.75) is 6.92 Å². The third-order valence-electron chi connectivity index (χ3n) is 3.43. The minimum atomic E-state index is -0.913. The van der Waals surface area contributed by atoms with E-state index in [-0.39, 0.29) is 6.54 Å². The van der Waals surface area contributed by atoms with Crippen LogP contribution >= 0.6 is 11.6 Å². The summed E-state index contributed by atoms with van der Waals surface area (Å²) < 4.78 is 5.01. The van der Waals surface area contributed by atoms with Crippen LogP contribution in [0.3, 0.4) is 0 Å². The third-order valence-corrected chi connectivity index (χ3v) is 3.66. The van der Waals surface area contributed by atoms with Gasteiger partial charge in [0.2, 0.25) is 5.91 Å². The lowest BCUT2D eigenvalue weighted by Crippen LogP contribution is -2.39. The number of ether oxygens (including phenoxy) is 1. The van der Waals surface area contributed by atoms with Crippen molar-refractivity contribution in [3.05, 3.63) is 53.1 Å². The Kier molecular flexibility index (Phi) is 6.57. The summed E-state index contributed by atoms with van der Waals surface area (Å²) in [6.45, 7) is 1.46. The molecule has 0 fully saturated rings. The fourth-order valence-corrected chi connectivity index (χ4v) is 2.29. The first kappa shape index (κ1) is 19.3. The summed E-state index contributed by atoms with van der Waals surface area (Å²) >= 11 is 5.85. The summed E-state index contributed by atoms with van der Waals surface area (Å²) in [7, 11) is 1.53. The Balaban J connectivity index is 1.82. The summed E-state index contributed by atoms with van der Waals surface area (Å²) in [5.41, 5.74) is 1.80. The molecule has 8 heteroatoms. The van der Waals surface area contributed by atoms with Gasteiger partial charge in [-0.3, -0.25) is 14.4 Å². The molecule has 0 aliphatic heterocycles. The van der Waals surface area contributed by atoms with E-state index in [0.29, 0.717) is 22.1 Å². The number of aryl methyl sites for hydroxylation is 1. The van der Waals surface area contributed by atoms with E-state index in [0.717, 1.165) is 5.56 Å². The molecule has 0 aliphatic carbocycles. The minimum absolute atomic E-state index is 0.336. The molecular weight excluding hydrogens is 358 g/mol. The number of nitrogens with one attached hydrogen (secondary N) is 3. The fourth-order valence-electron chi connectivity index (χ4n) is 2.06. The average molecular weight is 376 g/mol. The quantitative estimate of drug-likeness (QED) is 0.699. The number of halogens is 1. The first-order valence-corrected chi connectivity index (χ1v) is 8.06. The normalized spacial score (nSPS) is 9.96. The van der Waals surface area contributed by atoms with Crippen LogP contribution in [0, 0.1) is 6.92 Å². The van der Waals surface area contributed by atoms with E-state index in [2.05, 4.69) is 16.0 Å². The molecule has 0 saturated carbocycles. The van der Waals surface area contributed by atoms with Crippen molar-refractivity contribution in [1.82, 2.24) is 5.32 Å². The van der Waals surface area contributed by atoms with Crippen LogP contribution in [0.4, 0.5) is 11.4 Å². The van der Waals surface area contributed by atoms with Crippen LogP contribution in [0.1, 0.15) is 5.56 Å². The van der Waals surface area contributed by atoms with Crippen LogP contribution in [0.15, 0.2) is 42.5 Å². The molecule has 0 aromatic heterocycles. The number of methoxy groups -OCH3 is 1. The number of amides is 3. The lowest BCUT2D eigenvalue weighted by molar-refractivity contribution is -0.136. The van der Waals surface area contributed by atoms with Gasteiger partial charge in [-0.2, -0.15) is 0 Å². The van der Waals surface area contributed by atoms with Crippen molar-refractivity contribution in [1.29, 1.82) is 0 Å². The SMILES string of the molecule is COc1ccc(NC(=O)C(=O)NCC(=O)Nc2ccc(Cl)cc2C)cc1. The number of anilines is 2. The average Bonchev–Trinajstić information content (AvgIpc) is 2.62. The molecular formula is C18H18ClN3O4. The van der Waals surface area contributed by atoms with Crippen molar-refractivity contribution in [3.63, 3.8) is 0 Å². The number of carbonyl (C=O) groups excluding carboxylic acids is 3. The van der Waals surface area contributed by atoms with Crippen molar-refractivity contribution in [2.75, 3.05) is 24.3 Å². The maximum atomic E-state index is 11.9. The molecule has 0 saturated heterocycles. The zero-order valence-electron chi connectivity index (χ0n) is 14.3. The van der Waals surface area contributed by atoms with Crippen LogP contribution in [0.5, 0.6) is 5.75 Å². The zero-order chi connectivity index (χ0) is 19.1. The monoisotopic (exact) mass is 375 g/mol. The summed E-state index contributed by atoms with van der Waals surface area (Å²) in [6, 6.07) is 11.5. The first-order valence-electron chi connectivity index (χ1n) is 7.68. The van der Waals surface area contributed by atoms with E-state index in [1.807, 2.05) is 0 Å². The van der Waals surface area contributed by atoms with Crippen molar-refractivity contribution in [3.8, 4) is 5.75 Å². The summed E-state index contributed by atoms with van der Waals surface area (Å²) in [5, 5.41) is 7.89. The maximum absolute atomic E-state index is 11.9. The van der Waals surface area contributed by atoms with E-state index in [9.17, 15) is 14.4 Å². The Morgan fingerprint density at radius 3 is 2.31 bits per heavy atom. The Labute approximate surface area is 155 Å². The molecule has 7 nitrogen and oxygen atoms in total. The van der Waals surface area contributed by atoms with Crippen LogP contribution < -0.4 is 20.7 Å². The van der Waals surface area contributed by atoms with Gasteiger partial charge in [0.05, 0.1) is 13.7 Å². The van der Waals surface area contributed by atoms with Gasteiger partial charge in [0.25, 0.3) is 0 Å². The van der Waals surface area contributed by atoms with E-state index >= 15 is 0 Å². The minimum Gasteiger partial charge on any atom is -0.497 e. The largest absolute Gasteiger partial charge is 0.497 e. The number of carbonyl (C=O) groups is 3. The van der Waals surface area contributed by atoms with Crippen LogP contribution in [0.2, 0.25) is 5.02 Å². The molecule has 3 amide bonds. The molecule has 2 aromatic carbocycles. The highest BCUT2D eigenvalue weighted by molar-refractivity contribution is 6.40. The van der Waals surface area contributed by atoms with Crippen LogP contribution in [-0.4, -0.2) is 31.4 Å². The predicted octanol–water partition coefficient (Wildman–Crippen LogP) is 2.35. The lowest BCUT2D eigenvalue weighted by atomic mass is 10.2. The molecule has 0 radical (unpaired) electrons. The van der Waals surface area contributed by atoms with Gasteiger partial charge in [0, 0.05) is 16.4 Å². The Bertz CT molecular complexity index is 822. The van der Waals surface area contributed by atoms with Gasteiger partial charge in [0.1, 0.15) is 5.75 Å². The Hall–Kier alpha value is -3.06. The predicted molar refractivity (Wildman–Crippen MR) is 99.5 cm³/mol. The molecule has 0 unspecified atom stereocenters. The number of hydrogen-bond donors (Lipinski definition) is 3. The van der Waals surface area contributed by atoms with E-state index in [4.69, 9.17) is 16.3 Å². The number of hydrogen-bond acceptors (Lipinski definition) is 4. The molecule has 2 rings (SSSR count). The molecule has 136 valence electrons. The second kappa shape index (κ2) is 8.87. The molecule has 26 heavy (non-hydrogen) atoms. The van der Waals surface area contributed by atoms with Crippen LogP contribution in [0.25, 0.3) is 0 Å². The van der Waals surface area contributed by atoms with Gasteiger partial charge in [0.15, 0.2) is 0 Å².